The van der Waals surface area contributed by atoms with E-state index in [0.29, 0.717) is 42.9 Å². The van der Waals surface area contributed by atoms with Crippen LogP contribution in [0.4, 0.5) is 0 Å². The molecule has 0 radical (unpaired) electrons. The van der Waals surface area contributed by atoms with Crippen molar-refractivity contribution >= 4 is 5.97 Å². The van der Waals surface area contributed by atoms with Gasteiger partial charge in [-0.2, -0.15) is 0 Å². The van der Waals surface area contributed by atoms with Gasteiger partial charge in [-0.3, -0.25) is 4.79 Å². The maximum Gasteiger partial charge on any atom is 0.316 e. The van der Waals surface area contributed by atoms with Crippen molar-refractivity contribution in [2.24, 2.45) is 17.8 Å². The first-order valence-corrected chi connectivity index (χ1v) is 16.0. The van der Waals surface area contributed by atoms with Gasteiger partial charge >= 0.3 is 5.97 Å². The average Bonchev–Trinajstić information content (AvgIpc) is 3.22. The van der Waals surface area contributed by atoms with E-state index in [-0.39, 0.29) is 18.1 Å². The summed E-state index contributed by atoms with van der Waals surface area (Å²) in [5, 5.41) is 23.4. The number of carbonyl (C=O) groups excluding carboxylic acids is 1. The molecule has 42 heavy (non-hydrogen) atoms. The molecule has 4 heterocycles. The fraction of sp³-hybridized carbons (Fsp3) is 0.735. The van der Waals surface area contributed by atoms with Gasteiger partial charge in [-0.05, 0) is 63.9 Å². The van der Waals surface area contributed by atoms with Gasteiger partial charge in [0, 0.05) is 31.4 Å². The highest BCUT2D eigenvalue weighted by Gasteiger charge is 2.63. The van der Waals surface area contributed by atoms with Gasteiger partial charge in [0.1, 0.15) is 29.8 Å². The summed E-state index contributed by atoms with van der Waals surface area (Å²) in [5.74, 6) is -1.75. The van der Waals surface area contributed by atoms with Gasteiger partial charge in [0.05, 0.1) is 12.2 Å². The SMILES string of the molecule is CCO[C@@H]1O[C@@H]2[C@H](O)C(C)=C[C@H]3C(=O)O[C@H]4C[C@@H](C/C=C(/C)C[C@@H](C)/C=C\C=C1[C@]23O)O[C@@]1(CC[C@H](C)[C@@H](CC)O1)C4. The lowest BCUT2D eigenvalue weighted by Gasteiger charge is -2.50. The van der Waals surface area contributed by atoms with E-state index in [1.165, 1.54) is 5.57 Å². The number of aliphatic hydroxyl groups excluding tert-OH is 1. The van der Waals surface area contributed by atoms with Crippen LogP contribution in [0.25, 0.3) is 0 Å². The van der Waals surface area contributed by atoms with E-state index in [2.05, 4.69) is 39.8 Å². The molecule has 3 saturated heterocycles. The number of allylic oxidation sites excluding steroid dienone is 4. The number of hydrogen-bond acceptors (Lipinski definition) is 8. The number of rotatable bonds is 3. The van der Waals surface area contributed by atoms with Crippen molar-refractivity contribution in [2.45, 2.75) is 135 Å². The van der Waals surface area contributed by atoms with Crippen molar-refractivity contribution in [2.75, 3.05) is 6.61 Å². The quantitative estimate of drug-likeness (QED) is 0.340. The first kappa shape index (κ1) is 31.6. The maximum absolute atomic E-state index is 14.1. The van der Waals surface area contributed by atoms with Crippen molar-refractivity contribution in [1.29, 1.82) is 0 Å². The summed E-state index contributed by atoms with van der Waals surface area (Å²) in [5.41, 5.74) is 0.403. The molecule has 8 nitrogen and oxygen atoms in total. The summed E-state index contributed by atoms with van der Waals surface area (Å²) < 4.78 is 31.6. The second-order valence-corrected chi connectivity index (χ2v) is 13.2. The van der Waals surface area contributed by atoms with Crippen LogP contribution in [0.3, 0.4) is 0 Å². The zero-order chi connectivity index (χ0) is 30.2. The Morgan fingerprint density at radius 3 is 2.67 bits per heavy atom. The monoisotopic (exact) mass is 586 g/mol. The first-order chi connectivity index (χ1) is 20.0. The minimum Gasteiger partial charge on any atom is -0.462 e. The Kier molecular flexibility index (Phi) is 9.53. The van der Waals surface area contributed by atoms with Crippen LogP contribution >= 0.6 is 0 Å². The third kappa shape index (κ3) is 6.08. The highest BCUT2D eigenvalue weighted by molar-refractivity contribution is 5.78. The van der Waals surface area contributed by atoms with E-state index in [1.54, 1.807) is 19.1 Å². The molecule has 2 N–H and O–H groups in total. The molecule has 11 atom stereocenters. The van der Waals surface area contributed by atoms with Crippen molar-refractivity contribution in [3.63, 3.8) is 0 Å². The van der Waals surface area contributed by atoms with Gasteiger partial charge < -0.3 is 33.9 Å². The summed E-state index contributed by atoms with van der Waals surface area (Å²) >= 11 is 0. The number of esters is 1. The lowest BCUT2D eigenvalue weighted by Crippen LogP contribution is -2.58. The number of carbonyl (C=O) groups is 1. The van der Waals surface area contributed by atoms with E-state index in [4.69, 9.17) is 23.7 Å². The standard InChI is InChI=1S/C34H50O8/c1-7-28-22(5)14-15-33(42-28)19-25-18-24(41-33)13-12-21(4)16-20(3)10-9-11-26-32(38-8-2)40-30-29(35)23(6)17-27(31(36)39-25)34(26,30)37/h9-12,17,20,22,24-25,27-30,32,35,37H,7-8,13-16,18-19H2,1-6H3/b10-9-,21-12-,26-11?/t20-,22-,24+,25-,27-,28+,29+,30+,32+,33+,34+/m0/s1. The molecule has 3 fully saturated rings. The molecule has 0 saturated carbocycles. The molecule has 234 valence electrons. The van der Waals surface area contributed by atoms with Gasteiger partial charge in [0.25, 0.3) is 0 Å². The Morgan fingerprint density at radius 2 is 1.93 bits per heavy atom. The highest BCUT2D eigenvalue weighted by Crippen LogP contribution is 2.49. The zero-order valence-corrected chi connectivity index (χ0v) is 26.1. The molecular weight excluding hydrogens is 536 g/mol. The topological polar surface area (TPSA) is 104 Å². The Hall–Kier alpha value is -1.81. The molecule has 1 spiro atoms. The Balaban J connectivity index is 1.54. The highest BCUT2D eigenvalue weighted by atomic mass is 16.7. The van der Waals surface area contributed by atoms with E-state index in [9.17, 15) is 15.0 Å². The van der Waals surface area contributed by atoms with Crippen molar-refractivity contribution < 1.29 is 38.7 Å². The van der Waals surface area contributed by atoms with Crippen molar-refractivity contribution in [1.82, 2.24) is 0 Å². The van der Waals surface area contributed by atoms with Crippen LogP contribution in [0, 0.1) is 17.8 Å². The maximum atomic E-state index is 14.1. The third-order valence-electron chi connectivity index (χ3n) is 9.85. The van der Waals surface area contributed by atoms with E-state index in [0.717, 1.165) is 25.7 Å². The molecule has 2 bridgehead atoms. The van der Waals surface area contributed by atoms with Gasteiger partial charge in [-0.15, -0.1) is 0 Å². The van der Waals surface area contributed by atoms with Gasteiger partial charge in [0.2, 0.25) is 0 Å². The van der Waals surface area contributed by atoms with Crippen LogP contribution in [-0.4, -0.2) is 71.0 Å². The molecule has 0 aromatic carbocycles. The second kappa shape index (κ2) is 12.7. The van der Waals surface area contributed by atoms with Gasteiger partial charge in [-0.1, -0.05) is 56.7 Å². The van der Waals surface area contributed by atoms with Crippen LogP contribution in [-0.2, 0) is 28.5 Å². The molecule has 5 rings (SSSR count). The van der Waals surface area contributed by atoms with E-state index < -0.39 is 47.9 Å². The first-order valence-electron chi connectivity index (χ1n) is 16.0. The molecule has 0 aromatic heterocycles. The predicted molar refractivity (Wildman–Crippen MR) is 158 cm³/mol. The molecule has 0 unspecified atom stereocenters. The fourth-order valence-electron chi connectivity index (χ4n) is 7.55. The summed E-state index contributed by atoms with van der Waals surface area (Å²) in [6.07, 6.45) is 11.3. The predicted octanol–water partition coefficient (Wildman–Crippen LogP) is 5.29. The van der Waals surface area contributed by atoms with Crippen LogP contribution in [0.2, 0.25) is 0 Å². The molecule has 8 heteroatoms. The van der Waals surface area contributed by atoms with Gasteiger partial charge in [0.15, 0.2) is 12.1 Å². The molecule has 0 amide bonds. The Labute approximate surface area is 250 Å². The lowest BCUT2D eigenvalue weighted by atomic mass is 9.70. The van der Waals surface area contributed by atoms with Crippen LogP contribution in [0.5, 0.6) is 0 Å². The Bertz CT molecular complexity index is 1120. The Morgan fingerprint density at radius 1 is 1.14 bits per heavy atom. The molecule has 1 aliphatic carbocycles. The summed E-state index contributed by atoms with van der Waals surface area (Å²) in [6, 6.07) is 0. The third-order valence-corrected chi connectivity index (χ3v) is 9.85. The average molecular weight is 587 g/mol. The van der Waals surface area contributed by atoms with Gasteiger partial charge in [-0.25, -0.2) is 0 Å². The summed E-state index contributed by atoms with van der Waals surface area (Å²) in [7, 11) is 0. The molecule has 5 aliphatic rings. The molecule has 0 aromatic rings. The molecular formula is C34H50O8. The van der Waals surface area contributed by atoms with Crippen molar-refractivity contribution in [3.8, 4) is 0 Å². The minimum absolute atomic E-state index is 0.0855. The normalized spacial score (nSPS) is 46.6. The number of aliphatic hydroxyl groups is 2. The molecule has 4 aliphatic heterocycles. The minimum atomic E-state index is -1.83. The number of fused-ring (bicyclic) bond motifs is 2. The van der Waals surface area contributed by atoms with Crippen LogP contribution < -0.4 is 0 Å². The second-order valence-electron chi connectivity index (χ2n) is 13.2. The lowest BCUT2D eigenvalue weighted by molar-refractivity contribution is -0.335. The van der Waals surface area contributed by atoms with Crippen LogP contribution in [0.15, 0.2) is 47.1 Å². The van der Waals surface area contributed by atoms with E-state index >= 15 is 0 Å². The van der Waals surface area contributed by atoms with Crippen molar-refractivity contribution in [3.05, 3.63) is 47.1 Å². The van der Waals surface area contributed by atoms with E-state index in [1.807, 2.05) is 13.0 Å². The fourth-order valence-corrected chi connectivity index (χ4v) is 7.55. The number of hydrogen-bond donors (Lipinski definition) is 2. The smallest absolute Gasteiger partial charge is 0.316 e. The van der Waals surface area contributed by atoms with Crippen LogP contribution in [0.1, 0.15) is 86.5 Å². The largest absolute Gasteiger partial charge is 0.462 e. The summed E-state index contributed by atoms with van der Waals surface area (Å²) in [4.78, 5) is 14.1. The zero-order valence-electron chi connectivity index (χ0n) is 26.1. The summed E-state index contributed by atoms with van der Waals surface area (Å²) in [6.45, 7) is 12.6. The number of ether oxygens (including phenoxy) is 5.